The fourth-order valence-corrected chi connectivity index (χ4v) is 5.02. The molecule has 0 radical (unpaired) electrons. The largest absolute Gasteiger partial charge is 0.394 e. The van der Waals surface area contributed by atoms with Gasteiger partial charge in [-0.25, -0.2) is 13.1 Å². The van der Waals surface area contributed by atoms with Gasteiger partial charge in [0.05, 0.1) is 22.2 Å². The second-order valence-corrected chi connectivity index (χ2v) is 7.24. The maximum atomic E-state index is 12.4. The monoisotopic (exact) mass is 323 g/mol. The first-order valence-corrected chi connectivity index (χ1v) is 8.23. The quantitative estimate of drug-likeness (QED) is 0.894. The van der Waals surface area contributed by atoms with Crippen molar-refractivity contribution in [1.82, 2.24) is 4.72 Å². The smallest absolute Gasteiger partial charge is 0.244 e. The zero-order chi connectivity index (χ0) is 14.1. The summed E-state index contributed by atoms with van der Waals surface area (Å²) in [5.74, 6) is 0. The van der Waals surface area contributed by atoms with Crippen molar-refractivity contribution in [3.63, 3.8) is 0 Å². The average Bonchev–Trinajstić information content (AvgIpc) is 2.77. The van der Waals surface area contributed by atoms with Gasteiger partial charge in [0.2, 0.25) is 10.0 Å². The Morgan fingerprint density at radius 1 is 1.21 bits per heavy atom. The molecule has 1 aromatic carbocycles. The summed E-state index contributed by atoms with van der Waals surface area (Å²) in [7, 11) is -3.85. The Morgan fingerprint density at radius 2 is 1.74 bits per heavy atom. The maximum absolute atomic E-state index is 12.4. The van der Waals surface area contributed by atoms with Crippen LogP contribution in [0.3, 0.4) is 0 Å². The molecule has 7 heteroatoms. The van der Waals surface area contributed by atoms with Crippen LogP contribution in [0.1, 0.15) is 25.7 Å². The minimum Gasteiger partial charge on any atom is -0.394 e. The Hall–Kier alpha value is -0.330. The van der Waals surface area contributed by atoms with Crippen LogP contribution in [-0.2, 0) is 10.0 Å². The summed E-state index contributed by atoms with van der Waals surface area (Å²) < 4.78 is 27.4. The van der Waals surface area contributed by atoms with Crippen LogP contribution in [-0.4, -0.2) is 25.7 Å². The highest BCUT2D eigenvalue weighted by Gasteiger charge is 2.38. The van der Waals surface area contributed by atoms with Crippen molar-refractivity contribution in [3.05, 3.63) is 28.2 Å². The van der Waals surface area contributed by atoms with Crippen molar-refractivity contribution >= 4 is 33.2 Å². The number of rotatable bonds is 4. The van der Waals surface area contributed by atoms with Crippen LogP contribution < -0.4 is 4.72 Å². The van der Waals surface area contributed by atoms with Gasteiger partial charge in [0.1, 0.15) is 4.90 Å². The van der Waals surface area contributed by atoms with E-state index >= 15 is 0 Å². The Bertz CT molecular complexity index is 548. The lowest BCUT2D eigenvalue weighted by atomic mass is 10.0. The zero-order valence-electron chi connectivity index (χ0n) is 10.2. The summed E-state index contributed by atoms with van der Waals surface area (Å²) in [5.41, 5.74) is -0.790. The van der Waals surface area contributed by atoms with Crippen LogP contribution in [0.5, 0.6) is 0 Å². The summed E-state index contributed by atoms with van der Waals surface area (Å²) in [5, 5.41) is 9.62. The van der Waals surface area contributed by atoms with Crippen molar-refractivity contribution in [1.29, 1.82) is 0 Å². The molecule has 0 aromatic heterocycles. The fraction of sp³-hybridized carbons (Fsp3) is 0.500. The lowest BCUT2D eigenvalue weighted by Gasteiger charge is -2.27. The molecule has 19 heavy (non-hydrogen) atoms. The molecule has 0 atom stereocenters. The Labute approximate surface area is 122 Å². The Morgan fingerprint density at radius 3 is 2.21 bits per heavy atom. The molecule has 2 N–H and O–H groups in total. The van der Waals surface area contributed by atoms with E-state index in [2.05, 4.69) is 4.72 Å². The van der Waals surface area contributed by atoms with E-state index < -0.39 is 15.6 Å². The molecule has 0 unspecified atom stereocenters. The normalized spacial score (nSPS) is 18.7. The third kappa shape index (κ3) is 3.06. The van der Waals surface area contributed by atoms with Gasteiger partial charge in [0.15, 0.2) is 0 Å². The number of benzene rings is 1. The van der Waals surface area contributed by atoms with Gasteiger partial charge in [0.25, 0.3) is 0 Å². The molecule has 0 bridgehead atoms. The molecule has 1 aliphatic rings. The zero-order valence-corrected chi connectivity index (χ0v) is 12.5. The van der Waals surface area contributed by atoms with E-state index in [0.29, 0.717) is 12.8 Å². The molecule has 2 rings (SSSR count). The molecule has 0 spiro atoms. The molecule has 106 valence electrons. The number of halogens is 2. The number of sulfonamides is 1. The van der Waals surface area contributed by atoms with Gasteiger partial charge in [-0.15, -0.1) is 0 Å². The molecule has 1 saturated carbocycles. The minimum absolute atomic E-state index is 0.0751. The van der Waals surface area contributed by atoms with E-state index in [1.54, 1.807) is 6.07 Å². The molecular formula is C12H15Cl2NO3S. The number of aliphatic hydroxyl groups excluding tert-OH is 1. The molecule has 4 nitrogen and oxygen atoms in total. The predicted octanol–water partition coefficient (Wildman–Crippen LogP) is 2.58. The number of nitrogens with one attached hydrogen (secondary N) is 1. The second kappa shape index (κ2) is 5.58. The first kappa shape index (κ1) is 15.1. The van der Waals surface area contributed by atoms with E-state index in [4.69, 9.17) is 23.2 Å². The van der Waals surface area contributed by atoms with Gasteiger partial charge >= 0.3 is 0 Å². The van der Waals surface area contributed by atoms with Crippen LogP contribution in [0.4, 0.5) is 0 Å². The van der Waals surface area contributed by atoms with E-state index in [0.717, 1.165) is 12.8 Å². The van der Waals surface area contributed by atoms with Crippen molar-refractivity contribution < 1.29 is 13.5 Å². The SMILES string of the molecule is O=S(=O)(NC1(CO)CCCC1)c1c(Cl)cccc1Cl. The highest BCUT2D eigenvalue weighted by Crippen LogP contribution is 2.34. The van der Waals surface area contributed by atoms with Gasteiger partial charge < -0.3 is 5.11 Å². The van der Waals surface area contributed by atoms with Crippen LogP contribution >= 0.6 is 23.2 Å². The molecular weight excluding hydrogens is 309 g/mol. The molecule has 0 aliphatic heterocycles. The first-order valence-electron chi connectivity index (χ1n) is 5.99. The van der Waals surface area contributed by atoms with Crippen LogP contribution in [0.15, 0.2) is 23.1 Å². The highest BCUT2D eigenvalue weighted by molar-refractivity contribution is 7.89. The van der Waals surface area contributed by atoms with E-state index in [1.165, 1.54) is 12.1 Å². The standard InChI is InChI=1S/C12H15Cl2NO3S/c13-9-4-3-5-10(14)11(9)19(17,18)15-12(8-16)6-1-2-7-12/h3-5,15-16H,1-2,6-8H2. The summed E-state index contributed by atoms with van der Waals surface area (Å²) in [4.78, 5) is -0.127. The number of hydrogen-bond donors (Lipinski definition) is 2. The van der Waals surface area contributed by atoms with Crippen molar-refractivity contribution in [3.8, 4) is 0 Å². The van der Waals surface area contributed by atoms with E-state index in [1.807, 2.05) is 0 Å². The first-order chi connectivity index (χ1) is 8.90. The van der Waals surface area contributed by atoms with Gasteiger partial charge in [-0.1, -0.05) is 42.1 Å². The van der Waals surface area contributed by atoms with Gasteiger partial charge in [-0.2, -0.15) is 0 Å². The third-order valence-electron chi connectivity index (χ3n) is 3.40. The van der Waals surface area contributed by atoms with E-state index in [-0.39, 0.29) is 21.5 Å². The minimum atomic E-state index is -3.85. The number of hydrogen-bond acceptors (Lipinski definition) is 3. The summed E-state index contributed by atoms with van der Waals surface area (Å²) >= 11 is 11.8. The second-order valence-electron chi connectivity index (χ2n) is 4.80. The fourth-order valence-electron chi connectivity index (χ4n) is 2.42. The van der Waals surface area contributed by atoms with Crippen molar-refractivity contribution in [2.45, 2.75) is 36.1 Å². The molecule has 0 saturated heterocycles. The maximum Gasteiger partial charge on any atom is 0.244 e. The van der Waals surface area contributed by atoms with Crippen molar-refractivity contribution in [2.75, 3.05) is 6.61 Å². The average molecular weight is 324 g/mol. The molecule has 1 aromatic rings. The van der Waals surface area contributed by atoms with Crippen molar-refractivity contribution in [2.24, 2.45) is 0 Å². The Kier molecular flexibility index (Phi) is 4.42. The van der Waals surface area contributed by atoms with Gasteiger partial charge in [0, 0.05) is 0 Å². The van der Waals surface area contributed by atoms with Crippen LogP contribution in [0, 0.1) is 0 Å². The summed E-state index contributed by atoms with van der Waals surface area (Å²) in [6.45, 7) is -0.228. The molecule has 0 heterocycles. The summed E-state index contributed by atoms with van der Waals surface area (Å²) in [6.07, 6.45) is 3.01. The molecule has 0 amide bonds. The summed E-state index contributed by atoms with van der Waals surface area (Å²) in [6, 6.07) is 4.53. The van der Waals surface area contributed by atoms with Gasteiger partial charge in [-0.05, 0) is 25.0 Å². The number of aliphatic hydroxyl groups is 1. The third-order valence-corrected chi connectivity index (χ3v) is 5.93. The molecule has 1 fully saturated rings. The van der Waals surface area contributed by atoms with E-state index in [9.17, 15) is 13.5 Å². The lowest BCUT2D eigenvalue weighted by molar-refractivity contribution is 0.185. The highest BCUT2D eigenvalue weighted by atomic mass is 35.5. The lowest BCUT2D eigenvalue weighted by Crippen LogP contribution is -2.49. The Balaban J connectivity index is 2.38. The van der Waals surface area contributed by atoms with Crippen LogP contribution in [0.25, 0.3) is 0 Å². The molecule has 1 aliphatic carbocycles. The van der Waals surface area contributed by atoms with Gasteiger partial charge in [-0.3, -0.25) is 0 Å². The predicted molar refractivity (Wildman–Crippen MR) is 75.1 cm³/mol. The topological polar surface area (TPSA) is 66.4 Å². The van der Waals surface area contributed by atoms with Crippen LogP contribution in [0.2, 0.25) is 10.0 Å².